The molecule has 0 amide bonds. The van der Waals surface area contributed by atoms with Gasteiger partial charge in [-0.1, -0.05) is 238 Å². The molecule has 12 aromatic carbocycles. The first-order valence-electron chi connectivity index (χ1n) is 35.2. The molecule has 4 nitrogen and oxygen atoms in total. The summed E-state index contributed by atoms with van der Waals surface area (Å²) >= 11 is 7.66. The predicted octanol–water partition coefficient (Wildman–Crippen LogP) is 22.2. The largest absolute Gasteiger partial charge is 0.452 e. The molecular formula is C76H56ClN3O. The van der Waals surface area contributed by atoms with Crippen molar-refractivity contribution < 1.29 is 29.1 Å². The molecule has 0 aliphatic rings. The summed E-state index contributed by atoms with van der Waals surface area (Å²) in [6.45, 7) is 6.41. The van der Waals surface area contributed by atoms with Crippen LogP contribution in [-0.4, -0.2) is 4.57 Å². The van der Waals surface area contributed by atoms with Gasteiger partial charge < -0.3 is 18.8 Å². The van der Waals surface area contributed by atoms with Gasteiger partial charge in [-0.3, -0.25) is 0 Å². The predicted molar refractivity (Wildman–Crippen MR) is 343 cm³/mol. The second kappa shape index (κ2) is 20.4. The van der Waals surface area contributed by atoms with Crippen LogP contribution in [0.1, 0.15) is 51.0 Å². The molecule has 0 spiro atoms. The summed E-state index contributed by atoms with van der Waals surface area (Å²) < 4.78 is 170. The van der Waals surface area contributed by atoms with Crippen LogP contribution in [0.25, 0.3) is 93.9 Å². The van der Waals surface area contributed by atoms with E-state index in [1.807, 2.05) is 88.7 Å². The van der Waals surface area contributed by atoms with Crippen LogP contribution >= 0.6 is 11.6 Å². The van der Waals surface area contributed by atoms with Crippen LogP contribution in [0, 0.1) is 0 Å². The smallest absolute Gasteiger partial charge is 0.159 e. The summed E-state index contributed by atoms with van der Waals surface area (Å²) in [5.41, 5.74) is 7.35. The maximum Gasteiger partial charge on any atom is 0.159 e. The zero-order chi connectivity index (χ0) is 70.3. The summed E-state index contributed by atoms with van der Waals surface area (Å²) in [5.74, 6) is 0. The number of anilines is 6. The minimum atomic E-state index is -0.595. The highest BCUT2D eigenvalue weighted by Gasteiger charge is 2.29. The van der Waals surface area contributed by atoms with E-state index in [0.29, 0.717) is 50.5 Å². The number of nitrogens with zero attached hydrogens (tertiary/aromatic N) is 3. The molecule has 0 bridgehead atoms. The first-order chi connectivity index (χ1) is 47.2. The Labute approximate surface area is 502 Å². The molecule has 2 aromatic heterocycles. The lowest BCUT2D eigenvalue weighted by molar-refractivity contribution is 0.591. The van der Waals surface area contributed by atoms with Crippen LogP contribution in [0.3, 0.4) is 0 Å². The molecule has 0 N–H and O–H groups in total. The summed E-state index contributed by atoms with van der Waals surface area (Å²) in [7, 11) is 0. The van der Waals surface area contributed by atoms with Gasteiger partial charge in [-0.15, -0.1) is 0 Å². The fourth-order valence-electron chi connectivity index (χ4n) is 10.8. The SMILES string of the molecule is [2H]c1c([2H])c([2H])c(-c2cccc(N(c3cc(Cl)cc(N(c4cccc(-c5c([2H])c([2H])c([2H])c([2H])c5[2H])c4)c4cccc5c4oc4c(-n6c7c([2H])c([2H])c([2H])c([2H])c7c7c([2H])c([2H])c([2H])c([2H])c76)cccc45)c3)c3c(-c4ccccc4)cc(C(C)(C)C)cc3-c3ccccc3)c2)c([2H])c1[2H]. The van der Waals surface area contributed by atoms with Crippen LogP contribution in [-0.2, 0) is 5.41 Å². The van der Waals surface area contributed by atoms with Crippen molar-refractivity contribution in [1.82, 2.24) is 4.57 Å². The molecule has 0 saturated carbocycles. The van der Waals surface area contributed by atoms with Gasteiger partial charge in [0.25, 0.3) is 0 Å². The second-order valence-electron chi connectivity index (χ2n) is 20.5. The minimum Gasteiger partial charge on any atom is -0.452 e. The average molecular weight is 1080 g/mol. The van der Waals surface area contributed by atoms with Crippen molar-refractivity contribution in [3.8, 4) is 50.2 Å². The molecule has 5 heteroatoms. The number of benzene rings is 12. The number of fused-ring (bicyclic) bond motifs is 6. The van der Waals surface area contributed by atoms with Crippen molar-refractivity contribution in [2.45, 2.75) is 26.2 Å². The Balaban J connectivity index is 1.10. The highest BCUT2D eigenvalue weighted by atomic mass is 35.5. The van der Waals surface area contributed by atoms with Crippen molar-refractivity contribution in [2.24, 2.45) is 0 Å². The Morgan fingerprint density at radius 2 is 0.864 bits per heavy atom. The van der Waals surface area contributed by atoms with Gasteiger partial charge in [-0.2, -0.15) is 0 Å². The summed E-state index contributed by atoms with van der Waals surface area (Å²) in [6.07, 6.45) is 0. The highest BCUT2D eigenvalue weighted by Crippen LogP contribution is 2.52. The van der Waals surface area contributed by atoms with E-state index in [4.69, 9.17) is 32.5 Å². The Kier molecular flexibility index (Phi) is 8.45. The van der Waals surface area contributed by atoms with Crippen molar-refractivity contribution in [2.75, 3.05) is 9.80 Å². The van der Waals surface area contributed by atoms with Crippen LogP contribution in [0.4, 0.5) is 34.1 Å². The van der Waals surface area contributed by atoms with Crippen molar-refractivity contribution >= 4 is 89.5 Å². The maximum atomic E-state index is 9.37. The number of aromatic nitrogens is 1. The number of para-hydroxylation sites is 4. The monoisotopic (exact) mass is 1080 g/mol. The standard InChI is InChI=1S/C76H56ClN3O/c1-76(2,3)57-46-67(53-28-12-6-13-29-53)73(68(47-57)54-30-14-7-15-31-54)79(60-35-21-33-56(45-60)52-26-10-5-11-27-52)62-49-58(77)48-61(50-62)78(59-34-20-32-55(44-59)51-24-8-4-9-25-51)71-42-22-38-65-66-39-23-43-72(75(66)81-74(65)71)80-69-40-18-16-36-63(69)64-37-17-19-41-70(64)80/h4-50H,1-3H3/i4D,5D,8D,9D,10D,11D,16D,17D,18D,19D,24D,25D,26D,27D,36D,37D,40D,41D. The molecule has 0 radical (unpaired) electrons. The van der Waals surface area contributed by atoms with Gasteiger partial charge >= 0.3 is 0 Å². The van der Waals surface area contributed by atoms with E-state index in [9.17, 15) is 8.22 Å². The van der Waals surface area contributed by atoms with Gasteiger partial charge in [0, 0.05) is 60.4 Å². The number of rotatable bonds is 11. The van der Waals surface area contributed by atoms with Gasteiger partial charge in [0.1, 0.15) is 0 Å². The van der Waals surface area contributed by atoms with Crippen LogP contribution in [0.15, 0.2) is 289 Å². The molecule has 388 valence electrons. The van der Waals surface area contributed by atoms with Crippen LogP contribution in [0.5, 0.6) is 0 Å². The normalized spacial score (nSPS) is 14.8. The van der Waals surface area contributed by atoms with E-state index < -0.39 is 114 Å². The van der Waals surface area contributed by atoms with E-state index in [1.54, 1.807) is 84.9 Å². The van der Waals surface area contributed by atoms with E-state index in [2.05, 4.69) is 32.9 Å². The number of hydrogen-bond donors (Lipinski definition) is 0. The Bertz CT molecular complexity index is 5560. The van der Waals surface area contributed by atoms with E-state index in [-0.39, 0.29) is 60.4 Å². The molecule has 81 heavy (non-hydrogen) atoms. The Morgan fingerprint density at radius 1 is 0.395 bits per heavy atom. The number of halogens is 1. The molecule has 0 atom stereocenters. The zero-order valence-corrected chi connectivity index (χ0v) is 44.6. The summed E-state index contributed by atoms with van der Waals surface area (Å²) in [4.78, 5) is 3.86. The lowest BCUT2D eigenvalue weighted by atomic mass is 9.82. The van der Waals surface area contributed by atoms with Crippen LogP contribution in [0.2, 0.25) is 5.02 Å². The third-order valence-electron chi connectivity index (χ3n) is 14.5. The first-order valence-corrected chi connectivity index (χ1v) is 26.6. The molecule has 0 aliphatic carbocycles. The summed E-state index contributed by atoms with van der Waals surface area (Å²) in [5, 5.41) is 0.977. The first kappa shape index (κ1) is 33.5. The minimum absolute atomic E-state index is 0.0246. The van der Waals surface area contributed by atoms with Gasteiger partial charge in [-0.05, 0) is 123 Å². The van der Waals surface area contributed by atoms with Crippen molar-refractivity contribution in [1.29, 1.82) is 0 Å². The lowest BCUT2D eigenvalue weighted by Crippen LogP contribution is -2.17. The summed E-state index contributed by atoms with van der Waals surface area (Å²) in [6, 6.07) is 44.7. The molecule has 0 fully saturated rings. The number of furan rings is 1. The fraction of sp³-hybridized carbons (Fsp3) is 0.0526. The van der Waals surface area contributed by atoms with Crippen molar-refractivity contribution in [3.05, 3.63) is 295 Å². The Hall–Kier alpha value is -9.87. The average Bonchev–Trinajstić information content (AvgIpc) is 1.55. The Morgan fingerprint density at radius 3 is 1.42 bits per heavy atom. The molecule has 14 aromatic rings. The van der Waals surface area contributed by atoms with Gasteiger partial charge in [-0.25, -0.2) is 0 Å². The topological polar surface area (TPSA) is 24.6 Å². The molecule has 14 rings (SSSR count). The quantitative estimate of drug-likeness (QED) is 0.129. The second-order valence-corrected chi connectivity index (χ2v) is 21.0. The van der Waals surface area contributed by atoms with E-state index in [0.717, 1.165) is 27.8 Å². The molecular weight excluding hydrogens is 1010 g/mol. The van der Waals surface area contributed by atoms with Gasteiger partial charge in [0.05, 0.1) is 52.8 Å². The molecule has 0 unspecified atom stereocenters. The van der Waals surface area contributed by atoms with E-state index >= 15 is 0 Å². The highest BCUT2D eigenvalue weighted by molar-refractivity contribution is 6.31. The van der Waals surface area contributed by atoms with Gasteiger partial charge in [0.15, 0.2) is 11.2 Å². The third kappa shape index (κ3) is 9.00. The number of hydrogen-bond acceptors (Lipinski definition) is 3. The lowest BCUT2D eigenvalue weighted by Gasteiger charge is -2.34. The maximum absolute atomic E-state index is 9.37. The fourth-order valence-corrected chi connectivity index (χ4v) is 11.1. The molecule has 0 saturated heterocycles. The molecule has 0 aliphatic heterocycles. The third-order valence-corrected chi connectivity index (χ3v) is 14.8. The van der Waals surface area contributed by atoms with Crippen molar-refractivity contribution in [3.63, 3.8) is 0 Å². The van der Waals surface area contributed by atoms with Crippen LogP contribution < -0.4 is 9.80 Å². The van der Waals surface area contributed by atoms with Gasteiger partial charge in [0.2, 0.25) is 0 Å². The van der Waals surface area contributed by atoms with E-state index in [1.165, 1.54) is 4.57 Å². The zero-order valence-electron chi connectivity index (χ0n) is 61.9. The molecule has 2 heterocycles.